The fraction of sp³-hybridized carbons (Fsp3) is 0.357. The number of Topliss-reactive ketones (excluding diaryl/α,β-unsaturated/α-hetero) is 1. The molecule has 100 valence electrons. The Hall–Kier alpha value is -2.04. The summed E-state index contributed by atoms with van der Waals surface area (Å²) in [5.74, 6) is 0.0850. The third-order valence-corrected chi connectivity index (χ3v) is 2.95. The van der Waals surface area contributed by atoms with Crippen molar-refractivity contribution in [2.24, 2.45) is 0 Å². The van der Waals surface area contributed by atoms with Crippen LogP contribution in [-0.2, 0) is 13.0 Å². The van der Waals surface area contributed by atoms with Gasteiger partial charge in [0, 0.05) is 12.1 Å². The minimum absolute atomic E-state index is 0.137. The van der Waals surface area contributed by atoms with Gasteiger partial charge < -0.3 is 0 Å². The van der Waals surface area contributed by atoms with Crippen molar-refractivity contribution in [1.29, 1.82) is 0 Å². The number of nitrogens with zero attached hydrogens (tertiary/aromatic N) is 3. The average molecular weight is 261 g/mol. The molecule has 5 heteroatoms. The molecule has 2 rings (SSSR count). The topological polar surface area (TPSA) is 47.8 Å². The fourth-order valence-electron chi connectivity index (χ4n) is 1.96. The van der Waals surface area contributed by atoms with E-state index < -0.39 is 5.82 Å². The molecule has 19 heavy (non-hydrogen) atoms. The van der Waals surface area contributed by atoms with Crippen LogP contribution < -0.4 is 0 Å². The van der Waals surface area contributed by atoms with Crippen LogP contribution in [-0.4, -0.2) is 20.5 Å². The van der Waals surface area contributed by atoms with Crippen molar-refractivity contribution in [2.75, 3.05) is 0 Å². The summed E-state index contributed by atoms with van der Waals surface area (Å²) in [6, 6.07) is 4.24. The molecule has 0 aliphatic rings. The van der Waals surface area contributed by atoms with Gasteiger partial charge in [-0.15, -0.1) is 0 Å². The molecule has 0 aliphatic carbocycles. The first-order chi connectivity index (χ1) is 9.11. The first-order valence-corrected chi connectivity index (χ1v) is 6.28. The smallest absolute Gasteiger partial charge is 0.170 e. The van der Waals surface area contributed by atoms with Gasteiger partial charge in [0.05, 0.1) is 6.42 Å². The number of aryl methyl sites for hydroxylation is 2. The molecule has 0 saturated heterocycles. The predicted molar refractivity (Wildman–Crippen MR) is 69.5 cm³/mol. The number of hydrogen-bond donors (Lipinski definition) is 0. The van der Waals surface area contributed by atoms with Crippen LogP contribution in [0.25, 0.3) is 0 Å². The summed E-state index contributed by atoms with van der Waals surface area (Å²) in [7, 11) is 0. The second kappa shape index (κ2) is 5.73. The van der Waals surface area contributed by atoms with Crippen LogP contribution in [0.2, 0.25) is 0 Å². The molecule has 0 bridgehead atoms. The van der Waals surface area contributed by atoms with Crippen molar-refractivity contribution in [3.63, 3.8) is 0 Å². The van der Waals surface area contributed by atoms with Crippen LogP contribution in [0.5, 0.6) is 0 Å². The van der Waals surface area contributed by atoms with Gasteiger partial charge in [0.2, 0.25) is 0 Å². The molecule has 0 saturated carbocycles. The van der Waals surface area contributed by atoms with Crippen LogP contribution in [0.3, 0.4) is 0 Å². The number of hydrogen-bond acceptors (Lipinski definition) is 3. The summed E-state index contributed by atoms with van der Waals surface area (Å²) in [6.07, 6.45) is 2.50. The van der Waals surface area contributed by atoms with Crippen LogP contribution in [0.4, 0.5) is 4.39 Å². The molecule has 0 radical (unpaired) electrons. The average Bonchev–Trinajstić information content (AvgIpc) is 2.80. The zero-order chi connectivity index (χ0) is 13.8. The second-order valence-corrected chi connectivity index (χ2v) is 4.46. The molecule has 0 spiro atoms. The van der Waals surface area contributed by atoms with Crippen LogP contribution in [0.1, 0.15) is 35.1 Å². The summed E-state index contributed by atoms with van der Waals surface area (Å²) in [5.41, 5.74) is 1.18. The van der Waals surface area contributed by atoms with E-state index in [1.807, 2.05) is 6.92 Å². The van der Waals surface area contributed by atoms with E-state index in [1.54, 1.807) is 17.7 Å². The summed E-state index contributed by atoms with van der Waals surface area (Å²) in [5, 5.41) is 4.07. The van der Waals surface area contributed by atoms with Crippen LogP contribution in [0, 0.1) is 12.7 Å². The lowest BCUT2D eigenvalue weighted by Crippen LogP contribution is -2.12. The van der Waals surface area contributed by atoms with Crippen molar-refractivity contribution in [2.45, 2.75) is 33.2 Å². The minimum Gasteiger partial charge on any atom is -0.294 e. The highest BCUT2D eigenvalue weighted by atomic mass is 19.1. The third kappa shape index (κ3) is 3.05. The molecule has 0 aliphatic heterocycles. The van der Waals surface area contributed by atoms with Gasteiger partial charge in [-0.2, -0.15) is 5.10 Å². The zero-order valence-corrected chi connectivity index (χ0v) is 11.1. The summed E-state index contributed by atoms with van der Waals surface area (Å²) in [6.45, 7) is 4.55. The minimum atomic E-state index is -0.399. The first-order valence-electron chi connectivity index (χ1n) is 6.28. The molecule has 0 fully saturated rings. The number of carbonyl (C=O) groups is 1. The molecule has 1 aromatic heterocycles. The maximum atomic E-state index is 13.2. The van der Waals surface area contributed by atoms with Gasteiger partial charge in [-0.05, 0) is 31.0 Å². The lowest BCUT2D eigenvalue weighted by atomic mass is 10.0. The number of aromatic nitrogens is 3. The van der Waals surface area contributed by atoms with Crippen molar-refractivity contribution < 1.29 is 9.18 Å². The van der Waals surface area contributed by atoms with Gasteiger partial charge >= 0.3 is 0 Å². The maximum absolute atomic E-state index is 13.2. The van der Waals surface area contributed by atoms with Crippen molar-refractivity contribution in [3.8, 4) is 0 Å². The Bertz CT molecular complexity index is 592. The number of carbonyl (C=O) groups excluding carboxylic acids is 1. The van der Waals surface area contributed by atoms with E-state index in [9.17, 15) is 9.18 Å². The molecule has 0 atom stereocenters. The van der Waals surface area contributed by atoms with Gasteiger partial charge in [0.25, 0.3) is 0 Å². The normalized spacial score (nSPS) is 10.7. The molecule has 2 aromatic rings. The maximum Gasteiger partial charge on any atom is 0.170 e. The molecule has 0 unspecified atom stereocenters. The summed E-state index contributed by atoms with van der Waals surface area (Å²) in [4.78, 5) is 16.3. The third-order valence-electron chi connectivity index (χ3n) is 2.95. The van der Waals surface area contributed by atoms with Gasteiger partial charge in [0.15, 0.2) is 5.78 Å². The number of benzene rings is 1. The van der Waals surface area contributed by atoms with Crippen molar-refractivity contribution >= 4 is 5.78 Å². The van der Waals surface area contributed by atoms with Gasteiger partial charge in [-0.3, -0.25) is 4.79 Å². The largest absolute Gasteiger partial charge is 0.294 e. The lowest BCUT2D eigenvalue weighted by Gasteiger charge is -2.06. The molecule has 0 amide bonds. The van der Waals surface area contributed by atoms with E-state index in [0.29, 0.717) is 11.4 Å². The molecular formula is C14H16FN3O. The highest BCUT2D eigenvalue weighted by molar-refractivity contribution is 5.98. The number of ketones is 1. The van der Waals surface area contributed by atoms with Gasteiger partial charge in [-0.25, -0.2) is 14.1 Å². The van der Waals surface area contributed by atoms with E-state index in [-0.39, 0.29) is 12.2 Å². The molecular weight excluding hydrogens is 245 g/mol. The Kier molecular flexibility index (Phi) is 4.04. The van der Waals surface area contributed by atoms with E-state index in [4.69, 9.17) is 0 Å². The van der Waals surface area contributed by atoms with E-state index in [1.165, 1.54) is 18.5 Å². The fourth-order valence-corrected chi connectivity index (χ4v) is 1.96. The van der Waals surface area contributed by atoms with Crippen molar-refractivity contribution in [3.05, 3.63) is 47.3 Å². The zero-order valence-electron chi connectivity index (χ0n) is 11.1. The van der Waals surface area contributed by atoms with Crippen LogP contribution in [0.15, 0.2) is 24.5 Å². The summed E-state index contributed by atoms with van der Waals surface area (Å²) >= 11 is 0. The van der Waals surface area contributed by atoms with Gasteiger partial charge in [-0.1, -0.05) is 13.0 Å². The van der Waals surface area contributed by atoms with E-state index >= 15 is 0 Å². The predicted octanol–water partition coefficient (Wildman–Crippen LogP) is 2.56. The Morgan fingerprint density at radius 1 is 1.42 bits per heavy atom. The van der Waals surface area contributed by atoms with Crippen LogP contribution >= 0.6 is 0 Å². The number of rotatable bonds is 5. The summed E-state index contributed by atoms with van der Waals surface area (Å²) < 4.78 is 14.9. The standard InChI is InChI=1S/C14H16FN3O/c1-3-6-18-14(16-9-17-18)8-13(19)12-7-11(15)5-4-10(12)2/h4-5,7,9H,3,6,8H2,1-2H3. The molecule has 0 N–H and O–H groups in total. The Labute approximate surface area is 111 Å². The molecule has 4 nitrogen and oxygen atoms in total. The Morgan fingerprint density at radius 3 is 2.95 bits per heavy atom. The monoisotopic (exact) mass is 261 g/mol. The highest BCUT2D eigenvalue weighted by Crippen LogP contribution is 2.13. The number of halogens is 1. The van der Waals surface area contributed by atoms with Crippen molar-refractivity contribution in [1.82, 2.24) is 14.8 Å². The molecule has 1 heterocycles. The first kappa shape index (κ1) is 13.4. The Balaban J connectivity index is 2.21. The second-order valence-electron chi connectivity index (χ2n) is 4.46. The van der Waals surface area contributed by atoms with Gasteiger partial charge in [0.1, 0.15) is 18.0 Å². The quantitative estimate of drug-likeness (QED) is 0.777. The highest BCUT2D eigenvalue weighted by Gasteiger charge is 2.14. The van der Waals surface area contributed by atoms with E-state index in [0.717, 1.165) is 18.5 Å². The SMILES string of the molecule is CCCn1ncnc1CC(=O)c1cc(F)ccc1C. The van der Waals surface area contributed by atoms with E-state index in [2.05, 4.69) is 10.1 Å². The lowest BCUT2D eigenvalue weighted by molar-refractivity contribution is 0.0988. The Morgan fingerprint density at radius 2 is 2.21 bits per heavy atom. The molecule has 1 aromatic carbocycles.